The minimum Gasteiger partial charge on any atom is -0.426 e. The minimum atomic E-state index is -1.02. The van der Waals surface area contributed by atoms with Crippen molar-refractivity contribution < 1.29 is 18.3 Å². The standard InChI is InChI=1S/C14H17F2NO2/c15-12-6-5-11(7-13(12)16)19-14(18)10-3-1-9(8-17)2-4-10/h5-7,9-10H,1-4,8,17H2. The number of hydrogen-bond acceptors (Lipinski definition) is 3. The van der Waals surface area contributed by atoms with Crippen molar-refractivity contribution in [2.24, 2.45) is 17.6 Å². The molecule has 3 nitrogen and oxygen atoms in total. The molecular weight excluding hydrogens is 252 g/mol. The molecule has 104 valence electrons. The van der Waals surface area contributed by atoms with Gasteiger partial charge in [0, 0.05) is 6.07 Å². The van der Waals surface area contributed by atoms with Crippen LogP contribution in [0.3, 0.4) is 0 Å². The lowest BCUT2D eigenvalue weighted by molar-refractivity contribution is -0.140. The molecular formula is C14H17F2NO2. The predicted octanol–water partition coefficient (Wildman–Crippen LogP) is 2.64. The Bertz CT molecular complexity index is 457. The Kier molecular flexibility index (Phi) is 4.47. The van der Waals surface area contributed by atoms with E-state index in [4.69, 9.17) is 10.5 Å². The zero-order chi connectivity index (χ0) is 13.8. The van der Waals surface area contributed by atoms with Gasteiger partial charge >= 0.3 is 5.97 Å². The molecule has 0 aromatic heterocycles. The van der Waals surface area contributed by atoms with E-state index in [-0.39, 0.29) is 17.6 Å². The number of benzene rings is 1. The Morgan fingerprint density at radius 1 is 1.21 bits per heavy atom. The number of carbonyl (C=O) groups is 1. The van der Waals surface area contributed by atoms with Crippen LogP contribution >= 0.6 is 0 Å². The summed E-state index contributed by atoms with van der Waals surface area (Å²) in [6.07, 6.45) is 3.30. The van der Waals surface area contributed by atoms with Crippen LogP contribution in [0.25, 0.3) is 0 Å². The summed E-state index contributed by atoms with van der Waals surface area (Å²) in [5.74, 6) is -1.99. The summed E-state index contributed by atoms with van der Waals surface area (Å²) in [7, 11) is 0. The minimum absolute atomic E-state index is 0.0462. The molecule has 1 aromatic rings. The third-order valence-corrected chi connectivity index (χ3v) is 3.62. The topological polar surface area (TPSA) is 52.3 Å². The average Bonchev–Trinajstić information content (AvgIpc) is 2.43. The average molecular weight is 269 g/mol. The lowest BCUT2D eigenvalue weighted by Crippen LogP contribution is -2.28. The van der Waals surface area contributed by atoms with E-state index in [1.165, 1.54) is 6.07 Å². The molecule has 0 radical (unpaired) electrons. The van der Waals surface area contributed by atoms with E-state index in [1.54, 1.807) is 0 Å². The Hall–Kier alpha value is -1.49. The highest BCUT2D eigenvalue weighted by Gasteiger charge is 2.27. The predicted molar refractivity (Wildman–Crippen MR) is 66.5 cm³/mol. The molecule has 1 aliphatic rings. The van der Waals surface area contributed by atoms with Crippen molar-refractivity contribution >= 4 is 5.97 Å². The van der Waals surface area contributed by atoms with E-state index < -0.39 is 11.6 Å². The molecule has 0 heterocycles. The van der Waals surface area contributed by atoms with E-state index in [2.05, 4.69) is 0 Å². The number of ether oxygens (including phenoxy) is 1. The largest absolute Gasteiger partial charge is 0.426 e. The Balaban J connectivity index is 1.92. The SMILES string of the molecule is NCC1CCC(C(=O)Oc2ccc(F)c(F)c2)CC1. The molecule has 0 unspecified atom stereocenters. The van der Waals surface area contributed by atoms with Crippen LogP contribution in [0.1, 0.15) is 25.7 Å². The van der Waals surface area contributed by atoms with Crippen LogP contribution in [0.15, 0.2) is 18.2 Å². The van der Waals surface area contributed by atoms with Crippen LogP contribution < -0.4 is 10.5 Å². The summed E-state index contributed by atoms with van der Waals surface area (Å²) in [5, 5.41) is 0. The zero-order valence-corrected chi connectivity index (χ0v) is 10.6. The molecule has 0 bridgehead atoms. The number of esters is 1. The first-order chi connectivity index (χ1) is 9.10. The Morgan fingerprint density at radius 3 is 2.47 bits per heavy atom. The fourth-order valence-corrected chi connectivity index (χ4v) is 2.37. The molecule has 0 spiro atoms. The molecule has 2 rings (SSSR count). The maximum absolute atomic E-state index is 13.0. The molecule has 2 N–H and O–H groups in total. The zero-order valence-electron chi connectivity index (χ0n) is 10.6. The highest BCUT2D eigenvalue weighted by molar-refractivity contribution is 5.75. The van der Waals surface area contributed by atoms with Crippen molar-refractivity contribution in [3.8, 4) is 5.75 Å². The number of hydrogen-bond donors (Lipinski definition) is 1. The monoisotopic (exact) mass is 269 g/mol. The highest BCUT2D eigenvalue weighted by Crippen LogP contribution is 2.29. The summed E-state index contributed by atoms with van der Waals surface area (Å²) < 4.78 is 30.8. The number of carbonyl (C=O) groups excluding carboxylic acids is 1. The van der Waals surface area contributed by atoms with Gasteiger partial charge in [-0.3, -0.25) is 4.79 Å². The molecule has 0 saturated heterocycles. The number of nitrogens with two attached hydrogens (primary N) is 1. The molecule has 1 fully saturated rings. The first-order valence-electron chi connectivity index (χ1n) is 6.47. The maximum Gasteiger partial charge on any atom is 0.314 e. The lowest BCUT2D eigenvalue weighted by Gasteiger charge is -2.26. The number of rotatable bonds is 3. The summed E-state index contributed by atoms with van der Waals surface area (Å²) in [6.45, 7) is 0.644. The van der Waals surface area contributed by atoms with Gasteiger partial charge in [0.05, 0.1) is 5.92 Å². The van der Waals surface area contributed by atoms with Gasteiger partial charge in [-0.05, 0) is 50.3 Å². The van der Waals surface area contributed by atoms with Crippen molar-refractivity contribution in [2.75, 3.05) is 6.54 Å². The van der Waals surface area contributed by atoms with E-state index in [9.17, 15) is 13.6 Å². The second kappa shape index (κ2) is 6.10. The molecule has 5 heteroatoms. The fraction of sp³-hybridized carbons (Fsp3) is 0.500. The van der Waals surface area contributed by atoms with Gasteiger partial charge in [0.1, 0.15) is 5.75 Å². The van der Waals surface area contributed by atoms with Gasteiger partial charge in [-0.15, -0.1) is 0 Å². The fourth-order valence-electron chi connectivity index (χ4n) is 2.37. The third-order valence-electron chi connectivity index (χ3n) is 3.62. The van der Waals surface area contributed by atoms with Crippen LogP contribution in [-0.4, -0.2) is 12.5 Å². The van der Waals surface area contributed by atoms with Crippen LogP contribution in [0.4, 0.5) is 8.78 Å². The normalized spacial score (nSPS) is 23.1. The highest BCUT2D eigenvalue weighted by atomic mass is 19.2. The Morgan fingerprint density at radius 2 is 1.89 bits per heavy atom. The van der Waals surface area contributed by atoms with Crippen LogP contribution in [0.2, 0.25) is 0 Å². The second-order valence-electron chi connectivity index (χ2n) is 4.95. The molecule has 0 aliphatic heterocycles. The van der Waals surface area contributed by atoms with Gasteiger partial charge < -0.3 is 10.5 Å². The molecule has 19 heavy (non-hydrogen) atoms. The first kappa shape index (κ1) is 13.9. The second-order valence-corrected chi connectivity index (χ2v) is 4.95. The van der Waals surface area contributed by atoms with Crippen molar-refractivity contribution in [2.45, 2.75) is 25.7 Å². The van der Waals surface area contributed by atoms with E-state index in [0.29, 0.717) is 12.5 Å². The molecule has 1 aromatic carbocycles. The summed E-state index contributed by atoms with van der Waals surface area (Å²) in [6, 6.07) is 3.09. The van der Waals surface area contributed by atoms with Gasteiger partial charge in [0.15, 0.2) is 11.6 Å². The van der Waals surface area contributed by atoms with E-state index in [0.717, 1.165) is 37.8 Å². The van der Waals surface area contributed by atoms with Crippen molar-refractivity contribution in [1.82, 2.24) is 0 Å². The third kappa shape index (κ3) is 3.50. The quantitative estimate of drug-likeness (QED) is 0.678. The van der Waals surface area contributed by atoms with Gasteiger partial charge in [-0.1, -0.05) is 0 Å². The summed E-state index contributed by atoms with van der Waals surface area (Å²) in [5.41, 5.74) is 5.59. The van der Waals surface area contributed by atoms with Crippen molar-refractivity contribution in [3.05, 3.63) is 29.8 Å². The molecule has 1 saturated carbocycles. The van der Waals surface area contributed by atoms with Crippen molar-refractivity contribution in [3.63, 3.8) is 0 Å². The lowest BCUT2D eigenvalue weighted by atomic mass is 9.82. The van der Waals surface area contributed by atoms with Gasteiger partial charge in [0.2, 0.25) is 0 Å². The first-order valence-corrected chi connectivity index (χ1v) is 6.47. The maximum atomic E-state index is 13.0. The summed E-state index contributed by atoms with van der Waals surface area (Å²) in [4.78, 5) is 11.9. The van der Waals surface area contributed by atoms with Crippen LogP contribution in [0.5, 0.6) is 5.75 Å². The van der Waals surface area contributed by atoms with Crippen LogP contribution in [-0.2, 0) is 4.79 Å². The Labute approximate surface area is 110 Å². The van der Waals surface area contributed by atoms with Gasteiger partial charge in [-0.2, -0.15) is 0 Å². The van der Waals surface area contributed by atoms with Crippen molar-refractivity contribution in [1.29, 1.82) is 0 Å². The van der Waals surface area contributed by atoms with Crippen LogP contribution in [0, 0.1) is 23.5 Å². The summed E-state index contributed by atoms with van der Waals surface area (Å²) >= 11 is 0. The van der Waals surface area contributed by atoms with E-state index in [1.807, 2.05) is 0 Å². The molecule has 1 aliphatic carbocycles. The van der Waals surface area contributed by atoms with Gasteiger partial charge in [-0.25, -0.2) is 8.78 Å². The molecule has 0 atom stereocenters. The number of halogens is 2. The van der Waals surface area contributed by atoms with E-state index >= 15 is 0 Å². The molecule has 0 amide bonds. The van der Waals surface area contributed by atoms with Gasteiger partial charge in [0.25, 0.3) is 0 Å². The smallest absolute Gasteiger partial charge is 0.314 e.